The molecule has 2 heteroatoms. The molecule has 1 unspecified atom stereocenters. The fourth-order valence-corrected chi connectivity index (χ4v) is 2.47. The lowest BCUT2D eigenvalue weighted by Gasteiger charge is -2.10. The summed E-state index contributed by atoms with van der Waals surface area (Å²) in [6.07, 6.45) is 5.62. The van der Waals surface area contributed by atoms with Crippen molar-refractivity contribution in [1.29, 1.82) is 0 Å². The third-order valence-corrected chi connectivity index (χ3v) is 3.31. The second-order valence-electron chi connectivity index (χ2n) is 4.53. The van der Waals surface area contributed by atoms with Gasteiger partial charge in [-0.15, -0.1) is 0 Å². The molecule has 1 fully saturated rings. The van der Waals surface area contributed by atoms with Crippen molar-refractivity contribution in [1.82, 2.24) is 10.3 Å². The van der Waals surface area contributed by atoms with Gasteiger partial charge >= 0.3 is 0 Å². The summed E-state index contributed by atoms with van der Waals surface area (Å²) in [4.78, 5) is 4.34. The first kappa shape index (κ1) is 9.79. The Labute approximate surface area is 95.7 Å². The molecule has 1 aliphatic heterocycles. The maximum Gasteiger partial charge on any atom is 0.0702 e. The van der Waals surface area contributed by atoms with Gasteiger partial charge in [-0.25, -0.2) is 0 Å². The highest BCUT2D eigenvalue weighted by Crippen LogP contribution is 2.17. The Kier molecular flexibility index (Phi) is 2.58. The summed E-state index contributed by atoms with van der Waals surface area (Å²) in [5.74, 6) is 0. The monoisotopic (exact) mass is 212 g/mol. The smallest absolute Gasteiger partial charge is 0.0702 e. The molecule has 1 aromatic carbocycles. The summed E-state index contributed by atoms with van der Waals surface area (Å²) < 4.78 is 0. The van der Waals surface area contributed by atoms with Crippen LogP contribution in [-0.4, -0.2) is 17.6 Å². The number of pyridine rings is 1. The Hall–Kier alpha value is -1.41. The van der Waals surface area contributed by atoms with E-state index in [-0.39, 0.29) is 0 Å². The molecule has 0 bridgehead atoms. The van der Waals surface area contributed by atoms with E-state index in [1.165, 1.54) is 30.3 Å². The molecule has 2 aromatic rings. The zero-order valence-corrected chi connectivity index (χ0v) is 9.32. The Balaban J connectivity index is 1.86. The molecule has 1 atom stereocenters. The van der Waals surface area contributed by atoms with Gasteiger partial charge in [0.25, 0.3) is 0 Å². The summed E-state index contributed by atoms with van der Waals surface area (Å²) in [5.41, 5.74) is 2.51. The van der Waals surface area contributed by atoms with E-state index in [9.17, 15) is 0 Å². The normalized spacial score (nSPS) is 20.4. The average molecular weight is 212 g/mol. The molecule has 0 radical (unpaired) electrons. The van der Waals surface area contributed by atoms with E-state index in [0.717, 1.165) is 11.9 Å². The van der Waals surface area contributed by atoms with Crippen LogP contribution in [0.1, 0.15) is 18.4 Å². The van der Waals surface area contributed by atoms with Gasteiger partial charge in [-0.05, 0) is 49.6 Å². The van der Waals surface area contributed by atoms with Crippen molar-refractivity contribution in [2.45, 2.75) is 25.3 Å². The second kappa shape index (κ2) is 4.22. The zero-order valence-electron chi connectivity index (χ0n) is 9.32. The van der Waals surface area contributed by atoms with E-state index in [2.05, 4.69) is 34.6 Å². The topological polar surface area (TPSA) is 24.9 Å². The molecule has 3 rings (SSSR count). The second-order valence-corrected chi connectivity index (χ2v) is 4.53. The molecule has 0 spiro atoms. The van der Waals surface area contributed by atoms with Crippen LogP contribution in [0.25, 0.3) is 10.9 Å². The van der Waals surface area contributed by atoms with E-state index >= 15 is 0 Å². The van der Waals surface area contributed by atoms with E-state index in [4.69, 9.17) is 0 Å². The van der Waals surface area contributed by atoms with E-state index < -0.39 is 0 Å². The predicted molar refractivity (Wildman–Crippen MR) is 66.5 cm³/mol. The molecule has 2 nitrogen and oxygen atoms in total. The average Bonchev–Trinajstić information content (AvgIpc) is 2.82. The van der Waals surface area contributed by atoms with Crippen molar-refractivity contribution in [2.24, 2.45) is 0 Å². The third-order valence-electron chi connectivity index (χ3n) is 3.31. The van der Waals surface area contributed by atoms with Crippen LogP contribution < -0.4 is 5.32 Å². The third kappa shape index (κ3) is 1.93. The maximum atomic E-state index is 4.34. The first-order valence-electron chi connectivity index (χ1n) is 5.99. The van der Waals surface area contributed by atoms with Crippen LogP contribution in [0.15, 0.2) is 36.5 Å². The van der Waals surface area contributed by atoms with Gasteiger partial charge in [0.1, 0.15) is 0 Å². The number of fused-ring (bicyclic) bond motifs is 1. The van der Waals surface area contributed by atoms with Gasteiger partial charge in [-0.2, -0.15) is 0 Å². The molecular weight excluding hydrogens is 196 g/mol. The minimum Gasteiger partial charge on any atom is -0.314 e. The lowest BCUT2D eigenvalue weighted by molar-refractivity contribution is 0.603. The SMILES string of the molecule is c1cnc2ccc(CC3CCCN3)cc2c1. The Bertz CT molecular complexity index is 487. The number of rotatable bonds is 2. The van der Waals surface area contributed by atoms with Gasteiger partial charge in [-0.1, -0.05) is 12.1 Å². The lowest BCUT2D eigenvalue weighted by Crippen LogP contribution is -2.23. The van der Waals surface area contributed by atoms with Crippen LogP contribution >= 0.6 is 0 Å². The number of hydrogen-bond acceptors (Lipinski definition) is 2. The molecule has 1 N–H and O–H groups in total. The van der Waals surface area contributed by atoms with Crippen LogP contribution in [0.3, 0.4) is 0 Å². The van der Waals surface area contributed by atoms with E-state index in [0.29, 0.717) is 6.04 Å². The summed E-state index contributed by atoms with van der Waals surface area (Å²) in [7, 11) is 0. The van der Waals surface area contributed by atoms with E-state index in [1.54, 1.807) is 0 Å². The number of nitrogens with zero attached hydrogens (tertiary/aromatic N) is 1. The predicted octanol–water partition coefficient (Wildman–Crippen LogP) is 2.53. The van der Waals surface area contributed by atoms with Gasteiger partial charge in [0.2, 0.25) is 0 Å². The largest absolute Gasteiger partial charge is 0.314 e. The molecule has 1 aliphatic rings. The number of hydrogen-bond donors (Lipinski definition) is 1. The summed E-state index contributed by atoms with van der Waals surface area (Å²) in [6.45, 7) is 1.18. The summed E-state index contributed by atoms with van der Waals surface area (Å²) in [6, 6.07) is 11.4. The quantitative estimate of drug-likeness (QED) is 0.827. The fourth-order valence-electron chi connectivity index (χ4n) is 2.47. The summed E-state index contributed by atoms with van der Waals surface area (Å²) in [5, 5.41) is 4.79. The molecule has 16 heavy (non-hydrogen) atoms. The number of benzene rings is 1. The highest BCUT2D eigenvalue weighted by Gasteiger charge is 2.14. The van der Waals surface area contributed by atoms with Gasteiger partial charge in [0.05, 0.1) is 5.52 Å². The van der Waals surface area contributed by atoms with Crippen molar-refractivity contribution in [2.75, 3.05) is 6.54 Å². The molecular formula is C14H16N2. The highest BCUT2D eigenvalue weighted by molar-refractivity contribution is 5.78. The van der Waals surface area contributed by atoms with Crippen molar-refractivity contribution in [3.8, 4) is 0 Å². The summed E-state index contributed by atoms with van der Waals surface area (Å²) >= 11 is 0. The van der Waals surface area contributed by atoms with Crippen LogP contribution in [0.4, 0.5) is 0 Å². The molecule has 0 saturated carbocycles. The molecule has 0 aliphatic carbocycles. The maximum absolute atomic E-state index is 4.34. The number of aromatic nitrogens is 1. The van der Waals surface area contributed by atoms with Gasteiger partial charge in [0, 0.05) is 17.6 Å². The Morgan fingerprint density at radius 2 is 2.31 bits per heavy atom. The molecule has 0 amide bonds. The van der Waals surface area contributed by atoms with Crippen molar-refractivity contribution >= 4 is 10.9 Å². The standard InChI is InChI=1S/C14H16N2/c1-3-12-9-11(5-6-14(12)16-8-1)10-13-4-2-7-15-13/h1,3,5-6,8-9,13,15H,2,4,7,10H2. The zero-order chi connectivity index (χ0) is 10.8. The van der Waals surface area contributed by atoms with Crippen LogP contribution in [0, 0.1) is 0 Å². The Morgan fingerprint density at radius 1 is 1.31 bits per heavy atom. The number of nitrogens with one attached hydrogen (secondary N) is 1. The first-order valence-corrected chi connectivity index (χ1v) is 5.99. The minimum absolute atomic E-state index is 0.675. The molecule has 1 aromatic heterocycles. The van der Waals surface area contributed by atoms with Crippen LogP contribution in [0.2, 0.25) is 0 Å². The minimum atomic E-state index is 0.675. The van der Waals surface area contributed by atoms with Crippen molar-refractivity contribution in [3.63, 3.8) is 0 Å². The van der Waals surface area contributed by atoms with Crippen molar-refractivity contribution in [3.05, 3.63) is 42.1 Å². The van der Waals surface area contributed by atoms with Crippen LogP contribution in [0.5, 0.6) is 0 Å². The first-order chi connectivity index (χ1) is 7.92. The van der Waals surface area contributed by atoms with Gasteiger partial charge < -0.3 is 5.32 Å². The highest BCUT2D eigenvalue weighted by atomic mass is 14.9. The lowest BCUT2D eigenvalue weighted by atomic mass is 10.0. The fraction of sp³-hybridized carbons (Fsp3) is 0.357. The van der Waals surface area contributed by atoms with Crippen molar-refractivity contribution < 1.29 is 0 Å². The van der Waals surface area contributed by atoms with Crippen LogP contribution in [-0.2, 0) is 6.42 Å². The van der Waals surface area contributed by atoms with Gasteiger partial charge in [-0.3, -0.25) is 4.98 Å². The molecule has 1 saturated heterocycles. The Morgan fingerprint density at radius 3 is 3.19 bits per heavy atom. The molecule has 82 valence electrons. The van der Waals surface area contributed by atoms with E-state index in [1.807, 2.05) is 12.3 Å². The molecule has 2 heterocycles. The van der Waals surface area contributed by atoms with Gasteiger partial charge in [0.15, 0.2) is 0 Å².